The van der Waals surface area contributed by atoms with Gasteiger partial charge in [0.05, 0.1) is 5.41 Å². The molecule has 0 atom stereocenters. The summed E-state index contributed by atoms with van der Waals surface area (Å²) in [5, 5.41) is 2.49. The fraction of sp³-hybridized carbons (Fsp3) is 0.0130. The maximum Gasteiger partial charge on any atom is 0.0713 e. The Kier molecular flexibility index (Phi) is 11.8. The van der Waals surface area contributed by atoms with Crippen molar-refractivity contribution in [3.05, 3.63) is 344 Å². The third-order valence-electron chi connectivity index (χ3n) is 15.9. The fourth-order valence-electron chi connectivity index (χ4n) is 12.1. The van der Waals surface area contributed by atoms with Crippen LogP contribution in [0.2, 0.25) is 0 Å². The van der Waals surface area contributed by atoms with Crippen LogP contribution in [0.1, 0.15) is 22.3 Å². The van der Waals surface area contributed by atoms with E-state index in [2.05, 4.69) is 326 Å². The molecule has 0 heterocycles. The molecule has 14 rings (SSSR count). The summed E-state index contributed by atoms with van der Waals surface area (Å²) >= 11 is 0. The van der Waals surface area contributed by atoms with Gasteiger partial charge in [-0.25, -0.2) is 0 Å². The Morgan fingerprint density at radius 1 is 0.192 bits per heavy atom. The number of hydrogen-bond acceptors (Lipinski definition) is 1. The standard InChI is InChI=1S/C77H53N/c1-5-18-54(19-6-1)65-50-66(55-20-7-2-8-21-55)52-67(51-65)59-38-45-72(46-39-59)78(70-41-34-57(35-42-70)61-24-17-25-62(48-61)63-33-32-56-22-13-14-23-60(56)49-63)71-43-36-58(37-44-71)64-40-47-74-73-30-15-16-31-75(73)77(76(74)53-64,68-26-9-3-10-27-68)69-28-11-4-12-29-69/h1-53H. The lowest BCUT2D eigenvalue weighted by molar-refractivity contribution is 0.769. The quantitative estimate of drug-likeness (QED) is 0.125. The van der Waals surface area contributed by atoms with Crippen molar-refractivity contribution in [1.82, 2.24) is 0 Å². The van der Waals surface area contributed by atoms with Gasteiger partial charge in [0.2, 0.25) is 0 Å². The van der Waals surface area contributed by atoms with Crippen LogP contribution in [0.4, 0.5) is 17.1 Å². The second kappa shape index (κ2) is 19.9. The first kappa shape index (κ1) is 46.5. The van der Waals surface area contributed by atoms with E-state index in [9.17, 15) is 0 Å². The Labute approximate surface area is 457 Å². The summed E-state index contributed by atoms with van der Waals surface area (Å²) in [6.07, 6.45) is 0. The van der Waals surface area contributed by atoms with Gasteiger partial charge in [-0.3, -0.25) is 0 Å². The van der Waals surface area contributed by atoms with Gasteiger partial charge in [0.25, 0.3) is 0 Å². The topological polar surface area (TPSA) is 3.24 Å². The maximum atomic E-state index is 2.45. The van der Waals surface area contributed by atoms with E-state index in [4.69, 9.17) is 0 Å². The molecule has 1 aliphatic carbocycles. The molecule has 0 N–H and O–H groups in total. The van der Waals surface area contributed by atoms with Crippen LogP contribution in [-0.2, 0) is 5.41 Å². The molecule has 0 bridgehead atoms. The van der Waals surface area contributed by atoms with Crippen LogP contribution in [0.3, 0.4) is 0 Å². The smallest absolute Gasteiger partial charge is 0.0713 e. The van der Waals surface area contributed by atoms with Crippen molar-refractivity contribution in [2.45, 2.75) is 5.41 Å². The summed E-state index contributed by atoms with van der Waals surface area (Å²) in [6, 6.07) is 118. The van der Waals surface area contributed by atoms with Gasteiger partial charge < -0.3 is 4.90 Å². The van der Waals surface area contributed by atoms with Gasteiger partial charge in [0.15, 0.2) is 0 Å². The predicted octanol–water partition coefficient (Wildman–Crippen LogP) is 20.7. The number of anilines is 3. The van der Waals surface area contributed by atoms with Crippen LogP contribution in [-0.4, -0.2) is 0 Å². The average molecular weight is 992 g/mol. The van der Waals surface area contributed by atoms with E-state index in [-0.39, 0.29) is 0 Å². The van der Waals surface area contributed by atoms with Crippen molar-refractivity contribution in [2.75, 3.05) is 4.90 Å². The molecule has 0 saturated carbocycles. The Morgan fingerprint density at radius 3 is 1.08 bits per heavy atom. The molecule has 0 aliphatic heterocycles. The third kappa shape index (κ3) is 8.39. The maximum absolute atomic E-state index is 2.45. The van der Waals surface area contributed by atoms with E-state index in [1.165, 1.54) is 99.8 Å². The van der Waals surface area contributed by atoms with Gasteiger partial charge in [-0.15, -0.1) is 0 Å². The van der Waals surface area contributed by atoms with E-state index < -0.39 is 5.41 Å². The minimum Gasteiger partial charge on any atom is -0.311 e. The second-order valence-corrected chi connectivity index (χ2v) is 20.4. The summed E-state index contributed by atoms with van der Waals surface area (Å²) < 4.78 is 0. The van der Waals surface area contributed by atoms with Crippen molar-refractivity contribution in [1.29, 1.82) is 0 Å². The molecule has 13 aromatic rings. The molecule has 0 radical (unpaired) electrons. The normalized spacial score (nSPS) is 12.2. The van der Waals surface area contributed by atoms with Crippen LogP contribution >= 0.6 is 0 Å². The highest BCUT2D eigenvalue weighted by molar-refractivity contribution is 5.91. The second-order valence-electron chi connectivity index (χ2n) is 20.4. The first-order valence-corrected chi connectivity index (χ1v) is 27.0. The third-order valence-corrected chi connectivity index (χ3v) is 15.9. The molecule has 0 amide bonds. The lowest BCUT2D eigenvalue weighted by atomic mass is 9.67. The highest BCUT2D eigenvalue weighted by Crippen LogP contribution is 2.57. The summed E-state index contributed by atoms with van der Waals surface area (Å²) in [6.45, 7) is 0. The van der Waals surface area contributed by atoms with Crippen LogP contribution in [0.25, 0.3) is 88.7 Å². The van der Waals surface area contributed by atoms with Gasteiger partial charge in [0, 0.05) is 17.1 Å². The van der Waals surface area contributed by atoms with E-state index in [0.717, 1.165) is 28.2 Å². The monoisotopic (exact) mass is 991 g/mol. The van der Waals surface area contributed by atoms with Crippen LogP contribution in [0, 0.1) is 0 Å². The molecule has 13 aromatic carbocycles. The van der Waals surface area contributed by atoms with Gasteiger partial charge in [-0.05, 0) is 184 Å². The minimum absolute atomic E-state index is 0.469. The van der Waals surface area contributed by atoms with Crippen molar-refractivity contribution < 1.29 is 0 Å². The lowest BCUT2D eigenvalue weighted by Gasteiger charge is -2.34. The molecule has 0 saturated heterocycles. The van der Waals surface area contributed by atoms with E-state index >= 15 is 0 Å². The summed E-state index contributed by atoms with van der Waals surface area (Å²) in [5.74, 6) is 0. The van der Waals surface area contributed by atoms with Crippen molar-refractivity contribution in [3.8, 4) is 77.9 Å². The van der Waals surface area contributed by atoms with Gasteiger partial charge in [-0.2, -0.15) is 0 Å². The van der Waals surface area contributed by atoms with Crippen molar-refractivity contribution in [3.63, 3.8) is 0 Å². The van der Waals surface area contributed by atoms with E-state index in [0.29, 0.717) is 0 Å². The molecule has 366 valence electrons. The minimum atomic E-state index is -0.469. The van der Waals surface area contributed by atoms with Crippen molar-refractivity contribution >= 4 is 27.8 Å². The summed E-state index contributed by atoms with van der Waals surface area (Å²) in [7, 11) is 0. The number of hydrogen-bond donors (Lipinski definition) is 0. The molecular weight excluding hydrogens is 939 g/mol. The Bertz CT molecular complexity index is 4160. The Morgan fingerprint density at radius 2 is 0.538 bits per heavy atom. The molecule has 0 fully saturated rings. The summed E-state index contributed by atoms with van der Waals surface area (Å²) in [5.41, 5.74) is 24.7. The molecule has 0 spiro atoms. The first-order valence-electron chi connectivity index (χ1n) is 27.0. The number of fused-ring (bicyclic) bond motifs is 4. The SMILES string of the molecule is c1ccc(-c2cc(-c3ccccc3)cc(-c3ccc(N(c4ccc(-c5cccc(-c6ccc7ccccc7c6)c5)cc4)c4ccc(-c5ccc6c(c5)C(c5ccccc5)(c5ccccc5)c5ccccc5-6)cc4)cc3)c2)cc1. The largest absolute Gasteiger partial charge is 0.311 e. The first-order chi connectivity index (χ1) is 38.6. The molecular formula is C77H53N. The van der Waals surface area contributed by atoms with Gasteiger partial charge in [-0.1, -0.05) is 249 Å². The zero-order valence-electron chi connectivity index (χ0n) is 43.0. The predicted molar refractivity (Wildman–Crippen MR) is 329 cm³/mol. The molecule has 1 nitrogen and oxygen atoms in total. The zero-order chi connectivity index (χ0) is 51.8. The highest BCUT2D eigenvalue weighted by atomic mass is 15.1. The number of rotatable bonds is 11. The molecule has 78 heavy (non-hydrogen) atoms. The molecule has 1 heteroatoms. The highest BCUT2D eigenvalue weighted by Gasteiger charge is 2.46. The van der Waals surface area contributed by atoms with Gasteiger partial charge >= 0.3 is 0 Å². The fourth-order valence-corrected chi connectivity index (χ4v) is 12.1. The van der Waals surface area contributed by atoms with Crippen LogP contribution in [0.5, 0.6) is 0 Å². The molecule has 1 aliphatic rings. The average Bonchev–Trinajstić information content (AvgIpc) is 3.84. The lowest BCUT2D eigenvalue weighted by Crippen LogP contribution is -2.28. The van der Waals surface area contributed by atoms with E-state index in [1.54, 1.807) is 0 Å². The number of nitrogens with zero attached hydrogens (tertiary/aromatic N) is 1. The van der Waals surface area contributed by atoms with Crippen LogP contribution in [0.15, 0.2) is 322 Å². The summed E-state index contributed by atoms with van der Waals surface area (Å²) in [4.78, 5) is 2.38. The van der Waals surface area contributed by atoms with Gasteiger partial charge in [0.1, 0.15) is 0 Å². The zero-order valence-corrected chi connectivity index (χ0v) is 43.0. The van der Waals surface area contributed by atoms with E-state index in [1.807, 2.05) is 0 Å². The molecule has 0 unspecified atom stereocenters. The Balaban J connectivity index is 0.852. The Hall–Kier alpha value is -10.1. The van der Waals surface area contributed by atoms with Crippen molar-refractivity contribution in [2.24, 2.45) is 0 Å². The molecule has 0 aromatic heterocycles. The van der Waals surface area contributed by atoms with Crippen LogP contribution < -0.4 is 4.90 Å². The number of benzene rings is 13.